The van der Waals surface area contributed by atoms with Crippen molar-refractivity contribution in [2.45, 2.75) is 13.0 Å². The quantitative estimate of drug-likeness (QED) is 0.365. The highest BCUT2D eigenvalue weighted by atomic mass is 32.1. The lowest BCUT2D eigenvalue weighted by Crippen LogP contribution is -2.99. The molecule has 2 aromatic heterocycles. The number of nitrogens with zero attached hydrogens (tertiary/aromatic N) is 2. The fourth-order valence-corrected chi connectivity index (χ4v) is 5.07. The van der Waals surface area contributed by atoms with Crippen molar-refractivity contribution in [3.8, 4) is 10.6 Å². The number of fused-ring (bicyclic) bond motifs is 2. The van der Waals surface area contributed by atoms with Crippen molar-refractivity contribution in [3.63, 3.8) is 0 Å². The minimum atomic E-state index is -1.09. The highest BCUT2D eigenvalue weighted by molar-refractivity contribution is 7.21. The van der Waals surface area contributed by atoms with Gasteiger partial charge in [-0.15, -0.1) is 11.3 Å². The molecule has 0 radical (unpaired) electrons. The number of pyridine rings is 1. The van der Waals surface area contributed by atoms with Gasteiger partial charge < -0.3 is 10.9 Å². The fraction of sp³-hybridized carbons (Fsp3) is 0.0833. The Labute approximate surface area is 187 Å². The Kier molecular flexibility index (Phi) is 4.99. The topological polar surface area (TPSA) is 109 Å². The van der Waals surface area contributed by atoms with Gasteiger partial charge in [0.2, 0.25) is 0 Å². The first-order chi connectivity index (χ1) is 15.5. The van der Waals surface area contributed by atoms with Crippen molar-refractivity contribution < 1.29 is 10.4 Å². The summed E-state index contributed by atoms with van der Waals surface area (Å²) < 4.78 is 2.54. The minimum absolute atomic E-state index is 0.0496. The van der Waals surface area contributed by atoms with Crippen LogP contribution in [0.4, 0.5) is 11.5 Å². The van der Waals surface area contributed by atoms with Gasteiger partial charge in [0.05, 0.1) is 27.2 Å². The van der Waals surface area contributed by atoms with Crippen LogP contribution in [0.15, 0.2) is 77.6 Å². The molecule has 0 saturated heterocycles. The van der Waals surface area contributed by atoms with Gasteiger partial charge in [0.25, 0.3) is 5.56 Å². The highest BCUT2D eigenvalue weighted by Crippen LogP contribution is 2.39. The first-order valence-electron chi connectivity index (χ1n) is 10.1. The minimum Gasteiger partial charge on any atom is -0.595 e. The lowest BCUT2D eigenvalue weighted by Gasteiger charge is -2.22. The number of nitrogens with one attached hydrogen (secondary N) is 1. The molecule has 4 N–H and O–H groups in total. The van der Waals surface area contributed by atoms with E-state index >= 15 is 0 Å². The molecular formula is C24H20N4O3S. The van der Waals surface area contributed by atoms with Crippen LogP contribution >= 0.6 is 11.3 Å². The summed E-state index contributed by atoms with van der Waals surface area (Å²) in [4.78, 5) is 18.3. The molecule has 0 spiro atoms. The molecule has 3 aromatic carbocycles. The van der Waals surface area contributed by atoms with Crippen LogP contribution in [0.5, 0.6) is 0 Å². The van der Waals surface area contributed by atoms with Gasteiger partial charge in [-0.3, -0.25) is 9.36 Å². The van der Waals surface area contributed by atoms with Gasteiger partial charge in [0.1, 0.15) is 10.8 Å². The number of hydrogen-bond donors (Lipinski definition) is 3. The Hall–Kier alpha value is -3.56. The lowest BCUT2D eigenvalue weighted by atomic mass is 10.0. The van der Waals surface area contributed by atoms with E-state index in [4.69, 9.17) is 10.7 Å². The predicted molar refractivity (Wildman–Crippen MR) is 127 cm³/mol. The van der Waals surface area contributed by atoms with Crippen LogP contribution in [0.25, 0.3) is 31.6 Å². The first kappa shape index (κ1) is 20.3. The molecule has 0 aliphatic rings. The van der Waals surface area contributed by atoms with Crippen LogP contribution in [0.3, 0.4) is 0 Å². The van der Waals surface area contributed by atoms with Gasteiger partial charge in [-0.05, 0) is 30.7 Å². The smallest absolute Gasteiger partial charge is 0.260 e. The third-order valence-corrected chi connectivity index (χ3v) is 6.73. The van der Waals surface area contributed by atoms with Gasteiger partial charge in [-0.2, -0.15) is 5.23 Å². The van der Waals surface area contributed by atoms with E-state index < -0.39 is 5.23 Å². The number of para-hydroxylation sites is 1. The van der Waals surface area contributed by atoms with Crippen LogP contribution in [0, 0.1) is 5.21 Å². The Bertz CT molecular complexity index is 1480. The van der Waals surface area contributed by atoms with Crippen LogP contribution in [0.1, 0.15) is 18.5 Å². The van der Waals surface area contributed by atoms with Gasteiger partial charge in [-0.1, -0.05) is 42.5 Å². The van der Waals surface area contributed by atoms with Crippen molar-refractivity contribution in [2.24, 2.45) is 0 Å². The molecule has 0 fully saturated rings. The summed E-state index contributed by atoms with van der Waals surface area (Å²) in [6.45, 7) is 1.90. The van der Waals surface area contributed by atoms with E-state index in [0.29, 0.717) is 27.2 Å². The maximum absolute atomic E-state index is 13.6. The first-order valence-corrected chi connectivity index (χ1v) is 10.9. The number of thiazole rings is 1. The van der Waals surface area contributed by atoms with Crippen molar-refractivity contribution in [3.05, 3.63) is 93.9 Å². The van der Waals surface area contributed by atoms with E-state index in [0.717, 1.165) is 15.8 Å². The molecule has 0 saturated carbocycles. The monoisotopic (exact) mass is 444 g/mol. The van der Waals surface area contributed by atoms with Gasteiger partial charge in [-0.25, -0.2) is 10.2 Å². The number of rotatable bonds is 4. The lowest BCUT2D eigenvalue weighted by molar-refractivity contribution is -0.991. The second-order valence-corrected chi connectivity index (χ2v) is 8.60. The summed E-state index contributed by atoms with van der Waals surface area (Å²) in [7, 11) is 0. The molecule has 0 aliphatic carbocycles. The summed E-state index contributed by atoms with van der Waals surface area (Å²) in [5, 5.41) is 21.6. The van der Waals surface area contributed by atoms with Crippen LogP contribution in [0.2, 0.25) is 0 Å². The van der Waals surface area contributed by atoms with Crippen molar-refractivity contribution in [2.75, 3.05) is 5.73 Å². The number of anilines is 1. The average molecular weight is 445 g/mol. The Balaban J connectivity index is 1.87. The highest BCUT2D eigenvalue weighted by Gasteiger charge is 2.23. The second-order valence-electron chi connectivity index (χ2n) is 7.57. The largest absolute Gasteiger partial charge is 0.595 e. The Morgan fingerprint density at radius 3 is 2.50 bits per heavy atom. The summed E-state index contributed by atoms with van der Waals surface area (Å²) in [6, 6.07) is 21.6. The Morgan fingerprint density at radius 2 is 1.78 bits per heavy atom. The van der Waals surface area contributed by atoms with Crippen LogP contribution in [-0.4, -0.2) is 14.8 Å². The zero-order chi connectivity index (χ0) is 22.4. The van der Waals surface area contributed by atoms with Crippen LogP contribution in [-0.2, 0) is 0 Å². The van der Waals surface area contributed by atoms with Crippen LogP contribution < -0.4 is 16.5 Å². The molecule has 32 heavy (non-hydrogen) atoms. The van der Waals surface area contributed by atoms with E-state index in [1.807, 2.05) is 61.5 Å². The summed E-state index contributed by atoms with van der Waals surface area (Å²) in [5.74, 6) is 0.306. The molecule has 0 aliphatic heterocycles. The normalized spacial score (nSPS) is 13.5. The fourth-order valence-electron chi connectivity index (χ4n) is 4.04. The number of nitrogens with two attached hydrogens (primary N) is 1. The molecule has 7 nitrogen and oxygen atoms in total. The maximum atomic E-state index is 13.6. The van der Waals surface area contributed by atoms with E-state index in [2.05, 4.69) is 0 Å². The molecule has 0 bridgehead atoms. The van der Waals surface area contributed by atoms with E-state index in [1.54, 1.807) is 6.07 Å². The number of nitrogen functional groups attached to an aromatic ring is 1. The van der Waals surface area contributed by atoms with E-state index in [-0.39, 0.29) is 17.3 Å². The zero-order valence-corrected chi connectivity index (χ0v) is 18.0. The molecule has 5 aromatic rings. The SMILES string of the molecule is CC(c1ccccc1)n1c(N)c(-c2nc3ccccc3s2)c2ccc([NH+]([O-])O)cc2c1=O. The standard InChI is InChI=1S/C24H20N4O3S/c1-14(15-7-3-2-4-8-15)27-22(25)21(23-26-19-9-5-6-10-20(19)32-23)17-12-11-16(28(30)31)13-18(17)24(27)29/h2-14,28,30H,25H2,1H3. The third kappa shape index (κ3) is 3.26. The number of hydrogen-bond acceptors (Lipinski definition) is 6. The number of aromatic nitrogens is 2. The van der Waals surface area contributed by atoms with Gasteiger partial charge in [0.15, 0.2) is 5.69 Å². The third-order valence-electron chi connectivity index (χ3n) is 5.68. The molecular weight excluding hydrogens is 424 g/mol. The predicted octanol–water partition coefficient (Wildman–Crippen LogP) is 3.87. The molecule has 2 heterocycles. The number of benzene rings is 3. The maximum Gasteiger partial charge on any atom is 0.260 e. The molecule has 2 unspecified atom stereocenters. The molecule has 2 atom stereocenters. The van der Waals surface area contributed by atoms with Crippen molar-refractivity contribution in [1.82, 2.24) is 9.55 Å². The van der Waals surface area contributed by atoms with Gasteiger partial charge in [0, 0.05) is 17.5 Å². The molecule has 8 heteroatoms. The van der Waals surface area contributed by atoms with Gasteiger partial charge >= 0.3 is 0 Å². The Morgan fingerprint density at radius 1 is 1.06 bits per heavy atom. The van der Waals surface area contributed by atoms with E-state index in [9.17, 15) is 15.2 Å². The summed E-state index contributed by atoms with van der Waals surface area (Å²) in [6.07, 6.45) is 0. The van der Waals surface area contributed by atoms with Crippen molar-refractivity contribution >= 4 is 43.8 Å². The molecule has 0 amide bonds. The summed E-state index contributed by atoms with van der Waals surface area (Å²) in [5.41, 5.74) is 8.78. The average Bonchev–Trinajstić information content (AvgIpc) is 3.23. The molecule has 160 valence electrons. The summed E-state index contributed by atoms with van der Waals surface area (Å²) >= 11 is 1.49. The zero-order valence-electron chi connectivity index (χ0n) is 17.1. The second kappa shape index (κ2) is 7.85. The molecule has 5 rings (SSSR count). The number of quaternary nitrogens is 1. The van der Waals surface area contributed by atoms with Crippen molar-refractivity contribution in [1.29, 1.82) is 0 Å². The van der Waals surface area contributed by atoms with E-state index in [1.165, 1.54) is 28.0 Å².